The first kappa shape index (κ1) is 20.4. The van der Waals surface area contributed by atoms with Gasteiger partial charge in [0.15, 0.2) is 11.5 Å². The van der Waals surface area contributed by atoms with Crippen LogP contribution in [0.1, 0.15) is 43.0 Å². The lowest BCUT2D eigenvalue weighted by Crippen LogP contribution is -2.53. The third-order valence-electron chi connectivity index (χ3n) is 5.36. The predicted molar refractivity (Wildman–Crippen MR) is 101 cm³/mol. The summed E-state index contributed by atoms with van der Waals surface area (Å²) in [4.78, 5) is 50.7. The molecule has 1 atom stereocenters. The van der Waals surface area contributed by atoms with Crippen LogP contribution in [0.5, 0.6) is 11.5 Å². The van der Waals surface area contributed by atoms with E-state index in [1.165, 1.54) is 33.3 Å². The van der Waals surface area contributed by atoms with Crippen molar-refractivity contribution < 1.29 is 28.7 Å². The lowest BCUT2D eigenvalue weighted by atomic mass is 9.97. The molecule has 0 radical (unpaired) electrons. The van der Waals surface area contributed by atoms with Crippen LogP contribution in [0.15, 0.2) is 18.2 Å². The normalized spacial score (nSPS) is 18.4. The van der Waals surface area contributed by atoms with Gasteiger partial charge in [-0.05, 0) is 38.0 Å². The van der Waals surface area contributed by atoms with Gasteiger partial charge in [-0.15, -0.1) is 0 Å². The topological polar surface area (TPSA) is 126 Å². The van der Waals surface area contributed by atoms with Gasteiger partial charge in [0.05, 0.1) is 14.2 Å². The van der Waals surface area contributed by atoms with E-state index < -0.39 is 35.3 Å². The molecule has 3 rings (SSSR count). The van der Waals surface area contributed by atoms with Gasteiger partial charge in [-0.1, -0.05) is 12.8 Å². The quantitative estimate of drug-likeness (QED) is 0.490. The zero-order chi connectivity index (χ0) is 21.2. The zero-order valence-corrected chi connectivity index (χ0v) is 16.5. The van der Waals surface area contributed by atoms with E-state index in [0.717, 1.165) is 17.7 Å². The largest absolute Gasteiger partial charge is 0.493 e. The fraction of sp³-hybridized carbons (Fsp3) is 0.474. The number of carbonyl (C=O) groups excluding carboxylic acids is 4. The van der Waals surface area contributed by atoms with E-state index in [2.05, 4.69) is 16.2 Å². The average Bonchev–Trinajstić information content (AvgIpc) is 3.29. The molecule has 1 unspecified atom stereocenters. The Morgan fingerprint density at radius 2 is 1.76 bits per heavy atom. The summed E-state index contributed by atoms with van der Waals surface area (Å²) in [6.45, 7) is 1.43. The van der Waals surface area contributed by atoms with Gasteiger partial charge >= 0.3 is 6.03 Å². The average molecular weight is 404 g/mol. The number of methoxy groups -OCH3 is 2. The molecule has 1 saturated carbocycles. The summed E-state index contributed by atoms with van der Waals surface area (Å²) in [6, 6.07) is 2.87. The first-order valence-corrected chi connectivity index (χ1v) is 9.31. The number of rotatable bonds is 5. The summed E-state index contributed by atoms with van der Waals surface area (Å²) >= 11 is 0. The monoisotopic (exact) mass is 404 g/mol. The van der Waals surface area contributed by atoms with Gasteiger partial charge < -0.3 is 14.8 Å². The van der Waals surface area contributed by atoms with Crippen LogP contribution in [0.4, 0.5) is 4.79 Å². The van der Waals surface area contributed by atoms with Gasteiger partial charge in [0.2, 0.25) is 0 Å². The Hall–Kier alpha value is -3.30. The van der Waals surface area contributed by atoms with Crippen molar-refractivity contribution in [2.45, 2.75) is 44.2 Å². The van der Waals surface area contributed by atoms with Gasteiger partial charge in [-0.2, -0.15) is 0 Å². The maximum absolute atomic E-state index is 12.7. The van der Waals surface area contributed by atoms with Crippen LogP contribution in [0.3, 0.4) is 0 Å². The number of nitrogens with one attached hydrogen (secondary N) is 3. The fourth-order valence-electron chi connectivity index (χ4n) is 3.70. The highest BCUT2D eigenvalue weighted by atomic mass is 16.5. The number of urea groups is 1. The second-order valence-electron chi connectivity index (χ2n) is 7.08. The van der Waals surface area contributed by atoms with E-state index in [4.69, 9.17) is 9.47 Å². The standard InChI is InChI=1S/C19H24N4O6/c1-11(23-17(26)19(20-18(23)27)8-4-5-9-19)15(24)21-22-16(25)12-6-7-13(28-2)14(10-12)29-3/h6-7,10-11H,4-5,8-9H2,1-3H3,(H,20,27)(H,21,24)(H,22,25). The summed E-state index contributed by atoms with van der Waals surface area (Å²) in [5, 5.41) is 2.72. The van der Waals surface area contributed by atoms with E-state index in [1.54, 1.807) is 6.07 Å². The number of amides is 5. The SMILES string of the molecule is COc1ccc(C(=O)NNC(=O)C(C)N2C(=O)NC3(CCCC3)C2=O)cc1OC. The molecule has 1 saturated heterocycles. The third-order valence-corrected chi connectivity index (χ3v) is 5.36. The molecule has 156 valence electrons. The molecule has 1 spiro atoms. The Labute approximate surface area is 167 Å². The van der Waals surface area contributed by atoms with E-state index in [1.807, 2.05) is 0 Å². The molecule has 1 aliphatic carbocycles. The molecule has 1 aromatic carbocycles. The number of imide groups is 1. The summed E-state index contributed by atoms with van der Waals surface area (Å²) in [5.74, 6) is -0.843. The molecule has 3 N–H and O–H groups in total. The highest BCUT2D eigenvalue weighted by Gasteiger charge is 2.54. The first-order valence-electron chi connectivity index (χ1n) is 9.31. The van der Waals surface area contributed by atoms with Crippen LogP contribution in [-0.2, 0) is 9.59 Å². The van der Waals surface area contributed by atoms with Crippen molar-refractivity contribution in [1.29, 1.82) is 0 Å². The molecule has 0 aromatic heterocycles. The number of hydrogen-bond acceptors (Lipinski definition) is 6. The Bertz CT molecular complexity index is 849. The summed E-state index contributed by atoms with van der Waals surface area (Å²) in [5.41, 5.74) is 3.88. The van der Waals surface area contributed by atoms with Gasteiger partial charge in [0, 0.05) is 5.56 Å². The number of nitrogens with zero attached hydrogens (tertiary/aromatic N) is 1. The molecule has 10 heteroatoms. The second-order valence-corrected chi connectivity index (χ2v) is 7.08. The number of hydrazine groups is 1. The zero-order valence-electron chi connectivity index (χ0n) is 16.5. The first-order chi connectivity index (χ1) is 13.8. The molecular formula is C19H24N4O6. The van der Waals surface area contributed by atoms with Gasteiger partial charge in [-0.3, -0.25) is 25.2 Å². The lowest BCUT2D eigenvalue weighted by Gasteiger charge is -2.23. The molecule has 10 nitrogen and oxygen atoms in total. The van der Waals surface area contributed by atoms with Crippen LogP contribution >= 0.6 is 0 Å². The van der Waals surface area contributed by atoms with E-state index in [0.29, 0.717) is 24.3 Å². The van der Waals surface area contributed by atoms with Crippen molar-refractivity contribution in [2.75, 3.05) is 14.2 Å². The van der Waals surface area contributed by atoms with Crippen molar-refractivity contribution in [3.8, 4) is 11.5 Å². The molecule has 1 heterocycles. The highest BCUT2D eigenvalue weighted by Crippen LogP contribution is 2.35. The van der Waals surface area contributed by atoms with Crippen LogP contribution in [-0.4, -0.2) is 54.5 Å². The minimum Gasteiger partial charge on any atom is -0.493 e. The minimum absolute atomic E-state index is 0.232. The van der Waals surface area contributed by atoms with Crippen molar-refractivity contribution in [2.24, 2.45) is 0 Å². The summed E-state index contributed by atoms with van der Waals surface area (Å²) in [7, 11) is 2.92. The maximum atomic E-state index is 12.7. The predicted octanol–water partition coefficient (Wildman–Crippen LogP) is 0.718. The number of carbonyl (C=O) groups is 4. The van der Waals surface area contributed by atoms with E-state index in [9.17, 15) is 19.2 Å². The molecule has 2 aliphatic rings. The lowest BCUT2D eigenvalue weighted by molar-refractivity contribution is -0.138. The van der Waals surface area contributed by atoms with Crippen molar-refractivity contribution in [1.82, 2.24) is 21.1 Å². The Morgan fingerprint density at radius 3 is 2.38 bits per heavy atom. The van der Waals surface area contributed by atoms with Crippen molar-refractivity contribution >= 4 is 23.8 Å². The van der Waals surface area contributed by atoms with E-state index >= 15 is 0 Å². The molecule has 1 aromatic rings. The van der Waals surface area contributed by atoms with Crippen molar-refractivity contribution in [3.05, 3.63) is 23.8 Å². The van der Waals surface area contributed by atoms with Crippen LogP contribution in [0.2, 0.25) is 0 Å². The number of benzene rings is 1. The Morgan fingerprint density at radius 1 is 1.10 bits per heavy atom. The summed E-state index contributed by atoms with van der Waals surface area (Å²) < 4.78 is 10.3. The van der Waals surface area contributed by atoms with Gasteiger partial charge in [0.1, 0.15) is 11.6 Å². The highest BCUT2D eigenvalue weighted by molar-refractivity contribution is 6.10. The maximum Gasteiger partial charge on any atom is 0.325 e. The molecule has 2 fully saturated rings. The Kier molecular flexibility index (Phi) is 5.62. The fourth-order valence-corrected chi connectivity index (χ4v) is 3.70. The molecule has 29 heavy (non-hydrogen) atoms. The van der Waals surface area contributed by atoms with Crippen LogP contribution in [0.25, 0.3) is 0 Å². The molecule has 1 aliphatic heterocycles. The minimum atomic E-state index is -1.08. The smallest absolute Gasteiger partial charge is 0.325 e. The molecule has 0 bridgehead atoms. The molecule has 5 amide bonds. The van der Waals surface area contributed by atoms with Crippen molar-refractivity contribution in [3.63, 3.8) is 0 Å². The second kappa shape index (κ2) is 7.98. The number of ether oxygens (including phenoxy) is 2. The molecular weight excluding hydrogens is 380 g/mol. The van der Waals surface area contributed by atoms with Crippen LogP contribution < -0.4 is 25.6 Å². The summed E-state index contributed by atoms with van der Waals surface area (Å²) in [6.07, 6.45) is 2.83. The van der Waals surface area contributed by atoms with Gasteiger partial charge in [0.25, 0.3) is 17.7 Å². The van der Waals surface area contributed by atoms with Crippen LogP contribution in [0, 0.1) is 0 Å². The third kappa shape index (κ3) is 3.69. The van der Waals surface area contributed by atoms with Gasteiger partial charge in [-0.25, -0.2) is 9.69 Å². The number of hydrogen-bond donors (Lipinski definition) is 3. The Balaban J connectivity index is 1.62. The van der Waals surface area contributed by atoms with E-state index in [-0.39, 0.29) is 5.56 Å².